The molecule has 0 aliphatic rings. The second-order valence-electron chi connectivity index (χ2n) is 4.36. The number of hydrogen-bond donors (Lipinski definition) is 2. The van der Waals surface area contributed by atoms with Gasteiger partial charge in [0.2, 0.25) is 0 Å². The summed E-state index contributed by atoms with van der Waals surface area (Å²) in [4.78, 5) is 0. The fourth-order valence-corrected chi connectivity index (χ4v) is 2.04. The van der Waals surface area contributed by atoms with E-state index >= 15 is 0 Å². The van der Waals surface area contributed by atoms with Crippen LogP contribution in [0, 0.1) is 0 Å². The number of nitrogens with two attached hydrogens (primary N) is 1. The minimum absolute atomic E-state index is 0.247. The average molecular weight is 250 g/mol. The first-order valence-corrected chi connectivity index (χ1v) is 6.11. The Morgan fingerprint density at radius 3 is 2.21 bits per heavy atom. The molecule has 19 heavy (non-hydrogen) atoms. The Morgan fingerprint density at radius 1 is 0.895 bits per heavy atom. The molecule has 0 amide bonds. The summed E-state index contributed by atoms with van der Waals surface area (Å²) in [6.45, 7) is 0. The van der Waals surface area contributed by atoms with Crippen LogP contribution in [0.4, 0.5) is 0 Å². The highest BCUT2D eigenvalue weighted by atomic mass is 15.3. The van der Waals surface area contributed by atoms with Crippen molar-refractivity contribution in [2.24, 2.45) is 5.73 Å². The van der Waals surface area contributed by atoms with Gasteiger partial charge in [0.25, 0.3) is 0 Å². The van der Waals surface area contributed by atoms with Crippen molar-refractivity contribution in [3.8, 4) is 11.1 Å². The Morgan fingerprint density at radius 2 is 1.58 bits per heavy atom. The number of H-pyrrole nitrogens is 1. The predicted molar refractivity (Wildman–Crippen MR) is 74.3 cm³/mol. The Balaban J connectivity index is 1.87. The molecule has 0 fully saturated rings. The van der Waals surface area contributed by atoms with Gasteiger partial charge in [-0.2, -0.15) is 15.4 Å². The molecular weight excluding hydrogens is 236 g/mol. The van der Waals surface area contributed by atoms with E-state index in [1.165, 1.54) is 11.1 Å². The van der Waals surface area contributed by atoms with E-state index in [-0.39, 0.29) is 6.04 Å². The van der Waals surface area contributed by atoms with Crippen LogP contribution >= 0.6 is 0 Å². The third-order valence-electron chi connectivity index (χ3n) is 3.13. The molecule has 1 atom stereocenters. The third-order valence-corrected chi connectivity index (χ3v) is 3.13. The molecular formula is C15H14N4. The van der Waals surface area contributed by atoms with Gasteiger partial charge in [0.05, 0.1) is 12.2 Å². The van der Waals surface area contributed by atoms with Crippen LogP contribution in [-0.4, -0.2) is 15.4 Å². The fraction of sp³-hybridized carbons (Fsp3) is 0.0667. The molecule has 1 unspecified atom stereocenters. The average Bonchev–Trinajstić information content (AvgIpc) is 3.02. The van der Waals surface area contributed by atoms with Crippen LogP contribution in [0.25, 0.3) is 11.1 Å². The van der Waals surface area contributed by atoms with Gasteiger partial charge in [0, 0.05) is 0 Å². The van der Waals surface area contributed by atoms with Gasteiger partial charge in [0.15, 0.2) is 0 Å². The van der Waals surface area contributed by atoms with Gasteiger partial charge >= 0.3 is 0 Å². The Bertz CT molecular complexity index is 630. The van der Waals surface area contributed by atoms with Gasteiger partial charge in [-0.1, -0.05) is 54.6 Å². The summed E-state index contributed by atoms with van der Waals surface area (Å²) in [5.74, 6) is 0. The lowest BCUT2D eigenvalue weighted by molar-refractivity contribution is 0.810. The van der Waals surface area contributed by atoms with Gasteiger partial charge in [-0.3, -0.25) is 0 Å². The molecule has 2 aromatic carbocycles. The molecule has 0 spiro atoms. The van der Waals surface area contributed by atoms with Gasteiger partial charge in [0.1, 0.15) is 5.69 Å². The smallest absolute Gasteiger partial charge is 0.104 e. The summed E-state index contributed by atoms with van der Waals surface area (Å²) in [6.07, 6.45) is 1.65. The van der Waals surface area contributed by atoms with Crippen LogP contribution in [-0.2, 0) is 0 Å². The summed E-state index contributed by atoms with van der Waals surface area (Å²) < 4.78 is 0. The molecule has 3 N–H and O–H groups in total. The van der Waals surface area contributed by atoms with Crippen molar-refractivity contribution in [1.29, 1.82) is 0 Å². The van der Waals surface area contributed by atoms with Crippen LogP contribution in [0.3, 0.4) is 0 Å². The van der Waals surface area contributed by atoms with E-state index in [0.717, 1.165) is 11.3 Å². The molecule has 0 saturated carbocycles. The lowest BCUT2D eigenvalue weighted by atomic mass is 10.00. The van der Waals surface area contributed by atoms with E-state index < -0.39 is 0 Å². The number of benzene rings is 2. The number of nitrogens with one attached hydrogen (secondary N) is 1. The van der Waals surface area contributed by atoms with Crippen LogP contribution in [0.5, 0.6) is 0 Å². The van der Waals surface area contributed by atoms with Crippen molar-refractivity contribution in [3.63, 3.8) is 0 Å². The first-order valence-electron chi connectivity index (χ1n) is 6.11. The Labute approximate surface area is 111 Å². The van der Waals surface area contributed by atoms with Crippen molar-refractivity contribution in [2.75, 3.05) is 0 Å². The van der Waals surface area contributed by atoms with Gasteiger partial charge in [-0.15, -0.1) is 0 Å². The molecule has 0 radical (unpaired) electrons. The lowest BCUT2D eigenvalue weighted by Gasteiger charge is -2.09. The normalized spacial score (nSPS) is 12.3. The van der Waals surface area contributed by atoms with E-state index in [1.807, 2.05) is 30.3 Å². The first-order chi connectivity index (χ1) is 9.34. The zero-order chi connectivity index (χ0) is 13.1. The summed E-state index contributed by atoms with van der Waals surface area (Å²) >= 11 is 0. The van der Waals surface area contributed by atoms with E-state index in [2.05, 4.69) is 39.7 Å². The topological polar surface area (TPSA) is 67.6 Å². The van der Waals surface area contributed by atoms with Crippen molar-refractivity contribution in [1.82, 2.24) is 15.4 Å². The molecule has 1 heterocycles. The largest absolute Gasteiger partial charge is 0.319 e. The van der Waals surface area contributed by atoms with E-state index in [1.54, 1.807) is 6.20 Å². The molecule has 94 valence electrons. The number of nitrogens with zero attached hydrogens (tertiary/aromatic N) is 2. The number of aromatic amines is 1. The third kappa shape index (κ3) is 2.39. The number of rotatable bonds is 3. The zero-order valence-corrected chi connectivity index (χ0v) is 10.3. The summed E-state index contributed by atoms with van der Waals surface area (Å²) in [7, 11) is 0. The van der Waals surface area contributed by atoms with E-state index in [9.17, 15) is 0 Å². The molecule has 1 aromatic heterocycles. The Hall–Kier alpha value is -2.46. The minimum Gasteiger partial charge on any atom is -0.319 e. The van der Waals surface area contributed by atoms with Gasteiger partial charge in [-0.05, 0) is 16.7 Å². The number of aromatic nitrogens is 3. The van der Waals surface area contributed by atoms with Crippen LogP contribution in [0.2, 0.25) is 0 Å². The predicted octanol–water partition coefficient (Wildman–Crippen LogP) is 2.52. The second-order valence-corrected chi connectivity index (χ2v) is 4.36. The van der Waals surface area contributed by atoms with Crippen LogP contribution in [0.1, 0.15) is 17.3 Å². The highest BCUT2D eigenvalue weighted by molar-refractivity contribution is 5.63. The maximum absolute atomic E-state index is 6.13. The first kappa shape index (κ1) is 11.6. The highest BCUT2D eigenvalue weighted by Crippen LogP contribution is 2.22. The molecule has 4 heteroatoms. The monoisotopic (exact) mass is 250 g/mol. The van der Waals surface area contributed by atoms with Crippen molar-refractivity contribution < 1.29 is 0 Å². The fourth-order valence-electron chi connectivity index (χ4n) is 2.04. The van der Waals surface area contributed by atoms with Crippen molar-refractivity contribution in [2.45, 2.75) is 6.04 Å². The van der Waals surface area contributed by atoms with Crippen molar-refractivity contribution in [3.05, 3.63) is 72.1 Å². The zero-order valence-electron chi connectivity index (χ0n) is 10.3. The van der Waals surface area contributed by atoms with E-state index in [0.29, 0.717) is 0 Å². The van der Waals surface area contributed by atoms with Crippen LogP contribution < -0.4 is 5.73 Å². The quantitative estimate of drug-likeness (QED) is 0.750. The molecule has 3 rings (SSSR count). The molecule has 0 aliphatic carbocycles. The molecule has 0 bridgehead atoms. The standard InChI is InChI=1S/C15H14N4/c16-15(14-10-17-19-18-14)13-8-6-12(7-9-13)11-4-2-1-3-5-11/h1-10,15H,16H2,(H,17,18,19). The summed E-state index contributed by atoms with van der Waals surface area (Å²) in [5, 5.41) is 10.4. The minimum atomic E-state index is -0.247. The summed E-state index contributed by atoms with van der Waals surface area (Å²) in [6, 6.07) is 18.2. The SMILES string of the molecule is NC(c1ccc(-c2ccccc2)cc1)c1cn[nH]n1. The molecule has 3 aromatic rings. The Kier molecular flexibility index (Phi) is 3.08. The maximum Gasteiger partial charge on any atom is 0.104 e. The van der Waals surface area contributed by atoms with Crippen LogP contribution in [0.15, 0.2) is 60.8 Å². The van der Waals surface area contributed by atoms with Gasteiger partial charge in [-0.25, -0.2) is 0 Å². The van der Waals surface area contributed by atoms with E-state index in [4.69, 9.17) is 5.73 Å². The molecule has 0 aliphatic heterocycles. The number of hydrogen-bond acceptors (Lipinski definition) is 3. The van der Waals surface area contributed by atoms with Crippen molar-refractivity contribution >= 4 is 0 Å². The highest BCUT2D eigenvalue weighted by Gasteiger charge is 2.11. The lowest BCUT2D eigenvalue weighted by Crippen LogP contribution is -2.12. The molecule has 4 nitrogen and oxygen atoms in total. The molecule has 0 saturated heterocycles. The van der Waals surface area contributed by atoms with Gasteiger partial charge < -0.3 is 5.73 Å². The summed E-state index contributed by atoms with van der Waals surface area (Å²) in [5.41, 5.74) is 10.3. The second kappa shape index (κ2) is 5.04. The maximum atomic E-state index is 6.13.